The quantitative estimate of drug-likeness (QED) is 0.631. The molecule has 0 fully saturated rings. The van der Waals surface area contributed by atoms with Crippen LogP contribution in [0.25, 0.3) is 0 Å². The van der Waals surface area contributed by atoms with Gasteiger partial charge in [-0.25, -0.2) is 4.79 Å². The summed E-state index contributed by atoms with van der Waals surface area (Å²) in [6.07, 6.45) is 1.29. The maximum absolute atomic E-state index is 12.4. The number of hydrogen-bond donors (Lipinski definition) is 3. The van der Waals surface area contributed by atoms with E-state index < -0.39 is 11.2 Å². The van der Waals surface area contributed by atoms with Gasteiger partial charge in [-0.3, -0.25) is 19.3 Å². The summed E-state index contributed by atoms with van der Waals surface area (Å²) < 4.78 is 1.88. The van der Waals surface area contributed by atoms with Crippen molar-refractivity contribution in [2.45, 2.75) is 26.9 Å². The van der Waals surface area contributed by atoms with Crippen LogP contribution in [0.5, 0.6) is 0 Å². The average molecular weight is 353 g/mol. The summed E-state index contributed by atoms with van der Waals surface area (Å²) in [6, 6.07) is 9.24. The first kappa shape index (κ1) is 17.4. The lowest BCUT2D eigenvalue weighted by molar-refractivity contribution is 0.0950. The molecule has 8 heteroatoms. The van der Waals surface area contributed by atoms with E-state index in [9.17, 15) is 14.4 Å². The van der Waals surface area contributed by atoms with Gasteiger partial charge in [0.05, 0.1) is 17.8 Å². The summed E-state index contributed by atoms with van der Waals surface area (Å²) in [4.78, 5) is 39.5. The molecule has 3 N–H and O–H groups in total. The monoisotopic (exact) mass is 353 g/mol. The zero-order valence-electron chi connectivity index (χ0n) is 14.5. The molecule has 0 unspecified atom stereocenters. The fraction of sp³-hybridized carbons (Fsp3) is 0.222. The molecule has 2 heterocycles. The van der Waals surface area contributed by atoms with Crippen LogP contribution in [0, 0.1) is 13.8 Å². The summed E-state index contributed by atoms with van der Waals surface area (Å²) in [6.45, 7) is 4.51. The van der Waals surface area contributed by atoms with Gasteiger partial charge in [-0.15, -0.1) is 0 Å². The lowest BCUT2D eigenvalue weighted by Crippen LogP contribution is -2.30. The van der Waals surface area contributed by atoms with Gasteiger partial charge in [0.2, 0.25) is 0 Å². The van der Waals surface area contributed by atoms with Crippen LogP contribution in [-0.4, -0.2) is 25.7 Å². The number of H-pyrrole nitrogens is 2. The van der Waals surface area contributed by atoms with E-state index in [1.165, 1.54) is 6.20 Å². The molecule has 0 saturated carbocycles. The van der Waals surface area contributed by atoms with Crippen molar-refractivity contribution in [2.75, 3.05) is 0 Å². The smallest absolute Gasteiger partial charge is 0.325 e. The lowest BCUT2D eigenvalue weighted by atomic mass is 10.1. The standard InChI is InChI=1S/C18H19N5O3/c1-11-6-12(2)23(22-11)10-13-4-3-5-14(7-13)16(24)19-8-15-9-20-18(26)21-17(15)25/h3-7,9H,8,10H2,1-2H3,(H,19,24)(H2,20,21,25,26). The third-order valence-corrected chi connectivity index (χ3v) is 3.96. The molecule has 0 atom stereocenters. The van der Waals surface area contributed by atoms with E-state index in [2.05, 4.69) is 20.4 Å². The minimum Gasteiger partial charge on any atom is -0.348 e. The molecule has 0 aliphatic carbocycles. The number of nitrogens with zero attached hydrogens (tertiary/aromatic N) is 2. The lowest BCUT2D eigenvalue weighted by Gasteiger charge is -2.08. The van der Waals surface area contributed by atoms with Crippen LogP contribution in [-0.2, 0) is 13.1 Å². The third-order valence-electron chi connectivity index (χ3n) is 3.96. The summed E-state index contributed by atoms with van der Waals surface area (Å²) in [7, 11) is 0. The Morgan fingerprint density at radius 1 is 1.23 bits per heavy atom. The summed E-state index contributed by atoms with van der Waals surface area (Å²) >= 11 is 0. The van der Waals surface area contributed by atoms with E-state index in [1.54, 1.807) is 12.1 Å². The van der Waals surface area contributed by atoms with Crippen molar-refractivity contribution in [3.05, 3.63) is 85.4 Å². The second kappa shape index (κ2) is 7.22. The van der Waals surface area contributed by atoms with Crippen LogP contribution >= 0.6 is 0 Å². The van der Waals surface area contributed by atoms with Crippen LogP contribution in [0.2, 0.25) is 0 Å². The summed E-state index contributed by atoms with van der Waals surface area (Å²) in [5.74, 6) is -0.300. The van der Waals surface area contributed by atoms with Gasteiger partial charge < -0.3 is 10.3 Å². The second-order valence-corrected chi connectivity index (χ2v) is 6.06. The molecule has 26 heavy (non-hydrogen) atoms. The SMILES string of the molecule is Cc1cc(C)n(Cc2cccc(C(=O)NCc3c[nH]c(=O)[nH]c3=O)c2)n1. The molecular weight excluding hydrogens is 334 g/mol. The van der Waals surface area contributed by atoms with Gasteiger partial charge >= 0.3 is 5.69 Å². The topological polar surface area (TPSA) is 113 Å². The van der Waals surface area contributed by atoms with E-state index in [-0.39, 0.29) is 18.0 Å². The maximum Gasteiger partial charge on any atom is 0.325 e. The van der Waals surface area contributed by atoms with Crippen LogP contribution in [0.1, 0.15) is 32.9 Å². The van der Waals surface area contributed by atoms with Gasteiger partial charge in [0, 0.05) is 24.0 Å². The van der Waals surface area contributed by atoms with E-state index in [1.807, 2.05) is 36.7 Å². The molecule has 1 aromatic carbocycles. The number of rotatable bonds is 5. The van der Waals surface area contributed by atoms with Crippen molar-refractivity contribution in [2.24, 2.45) is 0 Å². The third kappa shape index (κ3) is 3.97. The predicted molar refractivity (Wildman–Crippen MR) is 96.1 cm³/mol. The van der Waals surface area contributed by atoms with Gasteiger partial charge in [-0.2, -0.15) is 5.10 Å². The molecule has 2 aromatic heterocycles. The van der Waals surface area contributed by atoms with Gasteiger partial charge in [0.15, 0.2) is 0 Å². The largest absolute Gasteiger partial charge is 0.348 e. The highest BCUT2D eigenvalue weighted by atomic mass is 16.2. The van der Waals surface area contributed by atoms with Gasteiger partial charge in [0.1, 0.15) is 0 Å². The molecule has 0 radical (unpaired) electrons. The Kier molecular flexibility index (Phi) is 4.83. The van der Waals surface area contributed by atoms with E-state index in [0.29, 0.717) is 12.1 Å². The number of aromatic amines is 2. The number of carbonyl (C=O) groups excluding carboxylic acids is 1. The van der Waals surface area contributed by atoms with E-state index >= 15 is 0 Å². The minimum absolute atomic E-state index is 0.0205. The maximum atomic E-state index is 12.4. The Morgan fingerprint density at radius 3 is 2.73 bits per heavy atom. The van der Waals surface area contributed by atoms with Crippen molar-refractivity contribution in [1.29, 1.82) is 0 Å². The molecule has 1 amide bonds. The number of nitrogens with one attached hydrogen (secondary N) is 3. The Hall–Kier alpha value is -3.42. The average Bonchev–Trinajstić information content (AvgIpc) is 2.91. The number of aromatic nitrogens is 4. The highest BCUT2D eigenvalue weighted by molar-refractivity contribution is 5.94. The molecule has 3 rings (SSSR count). The molecule has 0 aliphatic rings. The Bertz CT molecular complexity index is 1060. The van der Waals surface area contributed by atoms with Gasteiger partial charge in [0.25, 0.3) is 11.5 Å². The fourth-order valence-corrected chi connectivity index (χ4v) is 2.67. The van der Waals surface area contributed by atoms with Crippen molar-refractivity contribution in [3.63, 3.8) is 0 Å². The summed E-state index contributed by atoms with van der Waals surface area (Å²) in [5, 5.41) is 7.10. The number of aryl methyl sites for hydroxylation is 2. The number of hydrogen-bond acceptors (Lipinski definition) is 4. The summed E-state index contributed by atoms with van der Waals surface area (Å²) in [5.41, 5.74) is 2.61. The van der Waals surface area contributed by atoms with Gasteiger partial charge in [-0.05, 0) is 37.6 Å². The van der Waals surface area contributed by atoms with Crippen molar-refractivity contribution in [3.8, 4) is 0 Å². The van der Waals surface area contributed by atoms with Crippen LogP contribution in [0.15, 0.2) is 46.1 Å². The molecule has 0 saturated heterocycles. The first-order chi connectivity index (χ1) is 12.4. The Labute approximate surface area is 148 Å². The molecule has 0 spiro atoms. The minimum atomic E-state index is -0.582. The molecule has 134 valence electrons. The number of benzene rings is 1. The highest BCUT2D eigenvalue weighted by Crippen LogP contribution is 2.10. The van der Waals surface area contributed by atoms with Crippen LogP contribution < -0.4 is 16.6 Å². The Morgan fingerprint density at radius 2 is 2.04 bits per heavy atom. The normalized spacial score (nSPS) is 10.7. The van der Waals surface area contributed by atoms with Crippen molar-refractivity contribution in [1.82, 2.24) is 25.1 Å². The van der Waals surface area contributed by atoms with Crippen LogP contribution in [0.3, 0.4) is 0 Å². The first-order valence-electron chi connectivity index (χ1n) is 8.11. The van der Waals surface area contributed by atoms with Crippen molar-refractivity contribution >= 4 is 5.91 Å². The van der Waals surface area contributed by atoms with Gasteiger partial charge in [-0.1, -0.05) is 12.1 Å². The second-order valence-electron chi connectivity index (χ2n) is 6.06. The predicted octanol–water partition coefficient (Wildman–Crippen LogP) is 0.855. The molecule has 8 nitrogen and oxygen atoms in total. The molecule has 0 bridgehead atoms. The van der Waals surface area contributed by atoms with Crippen LogP contribution in [0.4, 0.5) is 0 Å². The first-order valence-corrected chi connectivity index (χ1v) is 8.11. The molecule has 0 aliphatic heterocycles. The number of amides is 1. The molecule has 3 aromatic rings. The van der Waals surface area contributed by atoms with Crippen molar-refractivity contribution < 1.29 is 4.79 Å². The molecular formula is C18H19N5O3. The van der Waals surface area contributed by atoms with E-state index in [4.69, 9.17) is 0 Å². The Balaban J connectivity index is 1.70. The number of carbonyl (C=O) groups is 1. The zero-order chi connectivity index (χ0) is 18.7. The zero-order valence-corrected chi connectivity index (χ0v) is 14.5. The van der Waals surface area contributed by atoms with E-state index in [0.717, 1.165) is 17.0 Å². The highest BCUT2D eigenvalue weighted by Gasteiger charge is 2.09. The fourth-order valence-electron chi connectivity index (χ4n) is 2.67.